The molecule has 5 nitrogen and oxygen atoms in total. The van der Waals surface area contributed by atoms with E-state index in [1.165, 1.54) is 11.1 Å². The molecule has 0 bridgehead atoms. The maximum atomic E-state index is 11.1. The van der Waals surface area contributed by atoms with Crippen molar-refractivity contribution in [2.45, 2.75) is 32.2 Å². The van der Waals surface area contributed by atoms with Crippen molar-refractivity contribution in [3.8, 4) is 0 Å². The van der Waals surface area contributed by atoms with Gasteiger partial charge in [-0.2, -0.15) is 5.10 Å². The summed E-state index contributed by atoms with van der Waals surface area (Å²) >= 11 is 0. The van der Waals surface area contributed by atoms with Crippen LogP contribution in [0, 0.1) is 0 Å². The van der Waals surface area contributed by atoms with Crippen LogP contribution in [0.2, 0.25) is 0 Å². The van der Waals surface area contributed by atoms with Crippen LogP contribution in [0.1, 0.15) is 24.5 Å². The molecule has 0 saturated heterocycles. The number of pyridine rings is 1. The molecule has 0 aromatic carbocycles. The summed E-state index contributed by atoms with van der Waals surface area (Å²) < 4.78 is 0. The number of hydrogen-bond acceptors (Lipinski definition) is 3. The van der Waals surface area contributed by atoms with E-state index in [0.29, 0.717) is 0 Å². The van der Waals surface area contributed by atoms with Crippen LogP contribution in [0.25, 0.3) is 11.0 Å². The minimum Gasteiger partial charge on any atom is -0.353 e. The first-order valence-electron chi connectivity index (χ1n) is 5.81. The zero-order valence-electron chi connectivity index (χ0n) is 9.66. The molecular formula is C12H14N4O. The first-order chi connectivity index (χ1) is 8.24. The summed E-state index contributed by atoms with van der Waals surface area (Å²) in [6, 6.07) is 0.242. The molecule has 17 heavy (non-hydrogen) atoms. The standard InChI is InChI=1S/C12H14N4O/c1-7(17)15-9-2-3-10-8(4-9)5-13-12-11(10)6-14-16-12/h5-6,9H,2-4H2,1H3,(H,15,17)(H,13,14,16). The Kier molecular flexibility index (Phi) is 2.31. The van der Waals surface area contributed by atoms with Crippen molar-refractivity contribution in [2.24, 2.45) is 0 Å². The van der Waals surface area contributed by atoms with Gasteiger partial charge in [0, 0.05) is 24.5 Å². The highest BCUT2D eigenvalue weighted by molar-refractivity contribution is 5.79. The van der Waals surface area contributed by atoms with Gasteiger partial charge in [-0.25, -0.2) is 4.98 Å². The lowest BCUT2D eigenvalue weighted by Crippen LogP contribution is -2.37. The molecule has 0 aliphatic heterocycles. The Labute approximate surface area is 98.6 Å². The van der Waals surface area contributed by atoms with Crippen LogP contribution in [-0.2, 0) is 17.6 Å². The fourth-order valence-corrected chi connectivity index (χ4v) is 2.56. The first kappa shape index (κ1) is 10.3. The van der Waals surface area contributed by atoms with Crippen LogP contribution < -0.4 is 5.32 Å². The van der Waals surface area contributed by atoms with E-state index in [4.69, 9.17) is 0 Å². The van der Waals surface area contributed by atoms with Gasteiger partial charge >= 0.3 is 0 Å². The van der Waals surface area contributed by atoms with E-state index < -0.39 is 0 Å². The fraction of sp³-hybridized carbons (Fsp3) is 0.417. The zero-order chi connectivity index (χ0) is 11.8. The van der Waals surface area contributed by atoms with Gasteiger partial charge in [-0.1, -0.05) is 0 Å². The Morgan fingerprint density at radius 3 is 3.24 bits per heavy atom. The normalized spacial score (nSPS) is 19.0. The first-order valence-corrected chi connectivity index (χ1v) is 5.81. The predicted molar refractivity (Wildman–Crippen MR) is 63.5 cm³/mol. The van der Waals surface area contributed by atoms with Gasteiger partial charge in [0.1, 0.15) is 0 Å². The number of carbonyl (C=O) groups is 1. The third-order valence-corrected chi connectivity index (χ3v) is 3.30. The molecule has 1 atom stereocenters. The largest absolute Gasteiger partial charge is 0.353 e. The van der Waals surface area contributed by atoms with Crippen LogP contribution in [0.3, 0.4) is 0 Å². The average molecular weight is 230 g/mol. The van der Waals surface area contributed by atoms with Crippen molar-refractivity contribution in [3.63, 3.8) is 0 Å². The molecule has 2 N–H and O–H groups in total. The van der Waals surface area contributed by atoms with Crippen molar-refractivity contribution in [1.82, 2.24) is 20.5 Å². The van der Waals surface area contributed by atoms with E-state index in [9.17, 15) is 4.79 Å². The molecule has 1 amide bonds. The summed E-state index contributed by atoms with van der Waals surface area (Å²) in [4.78, 5) is 15.4. The van der Waals surface area contributed by atoms with E-state index in [-0.39, 0.29) is 11.9 Å². The highest BCUT2D eigenvalue weighted by Gasteiger charge is 2.21. The number of aromatic nitrogens is 3. The smallest absolute Gasteiger partial charge is 0.217 e. The summed E-state index contributed by atoms with van der Waals surface area (Å²) in [5.74, 6) is 0.0378. The molecule has 88 valence electrons. The summed E-state index contributed by atoms with van der Waals surface area (Å²) in [5.41, 5.74) is 3.40. The average Bonchev–Trinajstić information content (AvgIpc) is 2.76. The molecule has 2 heterocycles. The molecule has 5 heteroatoms. The van der Waals surface area contributed by atoms with Crippen LogP contribution in [0.5, 0.6) is 0 Å². The number of aryl methyl sites for hydroxylation is 1. The van der Waals surface area contributed by atoms with Crippen molar-refractivity contribution < 1.29 is 4.79 Å². The van der Waals surface area contributed by atoms with Gasteiger partial charge < -0.3 is 5.32 Å². The highest BCUT2D eigenvalue weighted by atomic mass is 16.1. The second-order valence-electron chi connectivity index (χ2n) is 4.53. The lowest BCUT2D eigenvalue weighted by atomic mass is 9.88. The van der Waals surface area contributed by atoms with Gasteiger partial charge in [0.15, 0.2) is 5.65 Å². The third-order valence-electron chi connectivity index (χ3n) is 3.30. The number of aromatic amines is 1. The maximum absolute atomic E-state index is 11.1. The molecule has 2 aromatic rings. The van der Waals surface area contributed by atoms with E-state index in [2.05, 4.69) is 20.5 Å². The second-order valence-corrected chi connectivity index (χ2v) is 4.53. The van der Waals surface area contributed by atoms with Crippen molar-refractivity contribution in [1.29, 1.82) is 0 Å². The molecule has 1 aliphatic rings. The van der Waals surface area contributed by atoms with E-state index in [1.807, 2.05) is 12.4 Å². The molecule has 3 rings (SSSR count). The number of nitrogens with zero attached hydrogens (tertiary/aromatic N) is 2. The predicted octanol–water partition coefficient (Wildman–Crippen LogP) is 0.951. The third kappa shape index (κ3) is 1.77. The van der Waals surface area contributed by atoms with Crippen molar-refractivity contribution >= 4 is 16.9 Å². The minimum absolute atomic E-state index is 0.0378. The van der Waals surface area contributed by atoms with Gasteiger partial charge in [0.2, 0.25) is 5.91 Å². The van der Waals surface area contributed by atoms with Crippen LogP contribution >= 0.6 is 0 Å². The number of nitrogens with one attached hydrogen (secondary N) is 2. The molecule has 0 spiro atoms. The molecule has 0 radical (unpaired) electrons. The molecule has 0 saturated carbocycles. The minimum atomic E-state index is 0.0378. The molecule has 2 aromatic heterocycles. The van der Waals surface area contributed by atoms with Crippen LogP contribution in [0.15, 0.2) is 12.4 Å². The van der Waals surface area contributed by atoms with Gasteiger partial charge in [-0.05, 0) is 30.4 Å². The van der Waals surface area contributed by atoms with Gasteiger partial charge in [0.25, 0.3) is 0 Å². The number of carbonyl (C=O) groups excluding carboxylic acids is 1. The topological polar surface area (TPSA) is 70.7 Å². The maximum Gasteiger partial charge on any atom is 0.217 e. The monoisotopic (exact) mass is 230 g/mol. The summed E-state index contributed by atoms with van der Waals surface area (Å²) in [5, 5.41) is 11.0. The quantitative estimate of drug-likeness (QED) is 0.766. The fourth-order valence-electron chi connectivity index (χ4n) is 2.56. The number of fused-ring (bicyclic) bond motifs is 3. The Balaban J connectivity index is 1.95. The van der Waals surface area contributed by atoms with E-state index in [0.717, 1.165) is 30.3 Å². The Morgan fingerprint density at radius 1 is 1.53 bits per heavy atom. The number of hydrogen-bond donors (Lipinski definition) is 2. The Hall–Kier alpha value is -1.91. The molecular weight excluding hydrogens is 216 g/mol. The number of rotatable bonds is 1. The lowest BCUT2D eigenvalue weighted by Gasteiger charge is -2.25. The van der Waals surface area contributed by atoms with Crippen molar-refractivity contribution in [2.75, 3.05) is 0 Å². The van der Waals surface area contributed by atoms with Crippen LogP contribution in [0.4, 0.5) is 0 Å². The molecule has 0 fully saturated rings. The summed E-state index contributed by atoms with van der Waals surface area (Å²) in [7, 11) is 0. The Morgan fingerprint density at radius 2 is 2.41 bits per heavy atom. The van der Waals surface area contributed by atoms with Crippen LogP contribution in [-0.4, -0.2) is 27.1 Å². The van der Waals surface area contributed by atoms with E-state index in [1.54, 1.807) is 6.92 Å². The van der Waals surface area contributed by atoms with Gasteiger partial charge in [0.05, 0.1) is 6.20 Å². The molecule has 1 unspecified atom stereocenters. The number of H-pyrrole nitrogens is 1. The Bertz CT molecular complexity index is 575. The van der Waals surface area contributed by atoms with Crippen molar-refractivity contribution in [3.05, 3.63) is 23.5 Å². The van der Waals surface area contributed by atoms with Gasteiger partial charge in [-0.3, -0.25) is 9.89 Å². The van der Waals surface area contributed by atoms with E-state index >= 15 is 0 Å². The lowest BCUT2D eigenvalue weighted by molar-refractivity contribution is -0.119. The SMILES string of the molecule is CC(=O)NC1CCc2c(cnc3[nH]ncc23)C1. The second kappa shape index (κ2) is 3.84. The summed E-state index contributed by atoms with van der Waals surface area (Å²) in [6.07, 6.45) is 6.54. The zero-order valence-corrected chi connectivity index (χ0v) is 9.66. The number of amides is 1. The molecule has 1 aliphatic carbocycles. The van der Waals surface area contributed by atoms with Gasteiger partial charge in [-0.15, -0.1) is 0 Å². The summed E-state index contributed by atoms with van der Waals surface area (Å²) in [6.45, 7) is 1.56. The highest BCUT2D eigenvalue weighted by Crippen LogP contribution is 2.26.